The van der Waals surface area contributed by atoms with Crippen LogP contribution in [0.3, 0.4) is 0 Å². The van der Waals surface area contributed by atoms with Gasteiger partial charge in [0.2, 0.25) is 0 Å². The molecule has 7 aromatic rings. The molecule has 1 aliphatic heterocycles. The molecule has 0 fully saturated rings. The van der Waals surface area contributed by atoms with Crippen molar-refractivity contribution in [3.05, 3.63) is 195 Å². The second kappa shape index (κ2) is 17.8. The van der Waals surface area contributed by atoms with Gasteiger partial charge in [0.15, 0.2) is 0 Å². The van der Waals surface area contributed by atoms with Crippen LogP contribution in [0.4, 0.5) is 5.69 Å². The molecule has 0 amide bonds. The summed E-state index contributed by atoms with van der Waals surface area (Å²) in [6.45, 7) is 18.7. The van der Waals surface area contributed by atoms with Crippen LogP contribution >= 0.6 is 0 Å². The molecule has 56 heavy (non-hydrogen) atoms. The molecule has 0 aromatic heterocycles. The van der Waals surface area contributed by atoms with Crippen LogP contribution in [0.25, 0.3) is 54.6 Å². The molecule has 2 radical (unpaired) electrons. The van der Waals surface area contributed by atoms with Crippen molar-refractivity contribution in [1.29, 1.82) is 0 Å². The Balaban J connectivity index is 0.000000207. The number of nitrogens with zero attached hydrogens (tertiary/aromatic N) is 1. The number of hydrogen-bond donors (Lipinski definition) is 0. The summed E-state index contributed by atoms with van der Waals surface area (Å²) in [6.07, 6.45) is 8.18. The number of anilines is 1. The predicted octanol–water partition coefficient (Wildman–Crippen LogP) is 14.4. The number of fused-ring (bicyclic) bond motifs is 4. The molecule has 0 saturated carbocycles. The normalized spacial score (nSPS) is 14.4. The van der Waals surface area contributed by atoms with E-state index in [1.807, 2.05) is 0 Å². The molecule has 1 nitrogen and oxygen atoms in total. The van der Waals surface area contributed by atoms with Crippen molar-refractivity contribution < 1.29 is 23.3 Å². The summed E-state index contributed by atoms with van der Waals surface area (Å²) in [5, 5.41) is 7.79. The van der Waals surface area contributed by atoms with E-state index in [4.69, 9.17) is 0 Å². The van der Waals surface area contributed by atoms with Crippen molar-refractivity contribution in [2.24, 2.45) is 5.92 Å². The van der Waals surface area contributed by atoms with Gasteiger partial charge in [-0.3, -0.25) is 0 Å². The maximum atomic E-state index is 3.56. The number of allylic oxidation sites excluding steroid dienone is 3. The van der Waals surface area contributed by atoms with Gasteiger partial charge in [-0.15, -0.1) is 57.8 Å². The van der Waals surface area contributed by atoms with E-state index in [1.165, 1.54) is 112 Å². The molecule has 3 heteroatoms. The number of aryl methyl sites for hydroxylation is 1. The summed E-state index contributed by atoms with van der Waals surface area (Å²) >= 11 is 1.36. The van der Waals surface area contributed by atoms with Crippen LogP contribution in [0.5, 0.6) is 0 Å². The van der Waals surface area contributed by atoms with Gasteiger partial charge in [-0.05, 0) is 68.6 Å². The minimum absolute atomic E-state index is 0. The van der Waals surface area contributed by atoms with Crippen molar-refractivity contribution in [2.45, 2.75) is 59.9 Å². The van der Waals surface area contributed by atoms with Crippen molar-refractivity contribution >= 4 is 44.9 Å². The molecule has 1 heterocycles. The first-order valence-corrected chi connectivity index (χ1v) is 23.1. The fraction of sp³-hybridized carbons (Fsp3) is 0.189. The molecule has 1 atom stereocenters. The van der Waals surface area contributed by atoms with Crippen LogP contribution in [-0.2, 0) is 28.8 Å². The van der Waals surface area contributed by atoms with Gasteiger partial charge in [-0.2, -0.15) is 6.07 Å². The van der Waals surface area contributed by atoms with E-state index in [2.05, 4.69) is 212 Å². The fourth-order valence-corrected chi connectivity index (χ4v) is 7.94. The van der Waals surface area contributed by atoms with Gasteiger partial charge in [0.1, 0.15) is 0 Å². The van der Waals surface area contributed by atoms with Gasteiger partial charge in [-0.25, -0.2) is 0 Å². The number of hydrogen-bond acceptors (Lipinski definition) is 1. The molecule has 2 aliphatic rings. The summed E-state index contributed by atoms with van der Waals surface area (Å²) in [6, 6.07) is 49.3. The van der Waals surface area contributed by atoms with Crippen LogP contribution in [0, 0.1) is 33.8 Å². The monoisotopic (exact) mass is 821 g/mol. The third kappa shape index (κ3) is 8.46. The van der Waals surface area contributed by atoms with Crippen molar-refractivity contribution in [1.82, 2.24) is 0 Å². The standard InChI is InChI=1S/C30H21.C21H26N.2CH3.Si.Zr/c1-20-16-23-18-24(27-14-6-10-21-8-2-4-12-25(21)27)19-30(29(23)17-20)28-15-7-11-22-9-3-5-13-26(22)28;1-14(2)16-12-17-11-15(3)22(20(17)13-16)19-9-7-18(8-10-19)21(4,5)6;;;;/h2-19H,1H3;7-11,13-15H,1-6H3;2*1H3;;/q4*-1;;. The molecule has 0 N–H and O–H groups in total. The Hall–Kier alpha value is -4.43. The molecule has 7 aromatic carbocycles. The van der Waals surface area contributed by atoms with Crippen LogP contribution in [0.15, 0.2) is 162 Å². The van der Waals surface area contributed by atoms with Gasteiger partial charge < -0.3 is 19.8 Å². The first-order valence-electron chi connectivity index (χ1n) is 18.9. The molecule has 0 spiro atoms. The van der Waals surface area contributed by atoms with E-state index < -0.39 is 0 Å². The van der Waals surface area contributed by atoms with Gasteiger partial charge in [0.25, 0.3) is 0 Å². The minimum atomic E-state index is 0. The van der Waals surface area contributed by atoms with E-state index in [0.29, 0.717) is 12.0 Å². The number of benzene rings is 6. The Labute approximate surface area is 353 Å². The quantitative estimate of drug-likeness (QED) is 0.126. The zero-order valence-corrected chi connectivity index (χ0v) is 37.9. The average Bonchev–Trinajstić information content (AvgIpc) is 3.86. The first-order chi connectivity index (χ1) is 26.0. The molecule has 0 bridgehead atoms. The van der Waals surface area contributed by atoms with Gasteiger partial charge in [0, 0.05) is 11.7 Å². The second-order valence-electron chi connectivity index (χ2n) is 15.9. The predicted molar refractivity (Wildman–Crippen MR) is 244 cm³/mol. The van der Waals surface area contributed by atoms with E-state index in [9.17, 15) is 0 Å². The van der Waals surface area contributed by atoms with E-state index >= 15 is 0 Å². The van der Waals surface area contributed by atoms with Crippen molar-refractivity contribution in [3.63, 3.8) is 0 Å². The van der Waals surface area contributed by atoms with Gasteiger partial charge in [0.05, 0.1) is 0 Å². The fourth-order valence-electron chi connectivity index (χ4n) is 7.94. The molecule has 1 aliphatic carbocycles. The molecular weight excluding hydrogens is 770 g/mol. The Morgan fingerprint density at radius 3 is 1.88 bits per heavy atom. The molecule has 9 rings (SSSR count). The van der Waals surface area contributed by atoms with Gasteiger partial charge >= 0.3 is 30.2 Å². The summed E-state index contributed by atoms with van der Waals surface area (Å²) in [4.78, 5) is 2.42. The van der Waals surface area contributed by atoms with Crippen LogP contribution < -0.4 is 4.90 Å². The summed E-state index contributed by atoms with van der Waals surface area (Å²) in [7, 11) is 0. The molecule has 0 saturated heterocycles. The van der Waals surface area contributed by atoms with Crippen molar-refractivity contribution in [2.75, 3.05) is 4.90 Å². The third-order valence-corrected chi connectivity index (χ3v) is 10.7. The summed E-state index contributed by atoms with van der Waals surface area (Å²) in [5.74, 6) is 0.527. The Morgan fingerprint density at radius 1 is 0.696 bits per heavy atom. The van der Waals surface area contributed by atoms with Crippen LogP contribution in [0.2, 0.25) is 0 Å². The van der Waals surface area contributed by atoms with E-state index in [1.54, 1.807) is 0 Å². The second-order valence-corrected chi connectivity index (χ2v) is 15.9. The topological polar surface area (TPSA) is 3.24 Å². The van der Waals surface area contributed by atoms with E-state index in [-0.39, 0.29) is 20.3 Å². The van der Waals surface area contributed by atoms with Crippen LogP contribution in [0.1, 0.15) is 52.7 Å². The zero-order chi connectivity index (χ0) is 38.1. The molecule has 1 unspecified atom stereocenters. The Morgan fingerprint density at radius 2 is 1.27 bits per heavy atom. The molecule has 282 valence electrons. The maximum absolute atomic E-state index is 3.56. The van der Waals surface area contributed by atoms with E-state index in [0.717, 1.165) is 0 Å². The SMILES string of the molecule is CC(C)C1=[C-]C2=CC(C)N(c3ccc(C(C)(C)C)cc3)C2=C1.Cc1cc2c(-c3cccc4ccccc34)cc(-c3cccc4ccccc34)cc2[cH-]1.[CH3-].[CH3-].[Si]=[Zr]. The first kappa shape index (κ1) is 42.7. The Bertz CT molecular complexity index is 2560. The van der Waals surface area contributed by atoms with Crippen molar-refractivity contribution in [3.8, 4) is 22.3 Å². The van der Waals surface area contributed by atoms with Crippen LogP contribution in [-0.4, -0.2) is 12.9 Å². The summed E-state index contributed by atoms with van der Waals surface area (Å²) in [5.41, 5.74) is 13.2. The Kier molecular flexibility index (Phi) is 13.6. The molecular formula is C53H53NSiZr-4. The number of rotatable bonds is 4. The summed E-state index contributed by atoms with van der Waals surface area (Å²) < 4.78 is 0. The van der Waals surface area contributed by atoms with Gasteiger partial charge in [-0.1, -0.05) is 161 Å². The third-order valence-electron chi connectivity index (χ3n) is 10.7. The average molecular weight is 823 g/mol. The zero-order valence-electron chi connectivity index (χ0n) is 34.5.